The first-order chi connectivity index (χ1) is 12.5. The van der Waals surface area contributed by atoms with Crippen LogP contribution in [0.25, 0.3) is 0 Å². The molecule has 0 aliphatic carbocycles. The number of aromatic nitrogens is 1. The van der Waals surface area contributed by atoms with Gasteiger partial charge >= 0.3 is 5.97 Å². The SMILES string of the molecule is COC(=O)c1ccc(C(=O)Nc2ccc(Sc3nc(C)cs3)cc2C)s1. The highest BCUT2D eigenvalue weighted by molar-refractivity contribution is 8.01. The van der Waals surface area contributed by atoms with Gasteiger partial charge < -0.3 is 10.1 Å². The molecule has 1 N–H and O–H groups in total. The van der Waals surface area contributed by atoms with Crippen molar-refractivity contribution in [3.05, 3.63) is 56.7 Å². The molecule has 0 radical (unpaired) electrons. The number of methoxy groups -OCH3 is 1. The first kappa shape index (κ1) is 18.6. The van der Waals surface area contributed by atoms with Gasteiger partial charge in [0.15, 0.2) is 4.34 Å². The number of hydrogen-bond acceptors (Lipinski definition) is 7. The predicted octanol–water partition coefficient (Wildman–Crippen LogP) is 5.01. The summed E-state index contributed by atoms with van der Waals surface area (Å²) in [6, 6.07) is 9.07. The molecule has 0 unspecified atom stereocenters. The second-order valence-corrected chi connectivity index (χ2v) is 8.71. The lowest BCUT2D eigenvalue weighted by atomic mass is 10.2. The molecular formula is C18H16N2O3S3. The molecule has 0 fully saturated rings. The molecule has 3 aromatic rings. The van der Waals surface area contributed by atoms with Crippen LogP contribution < -0.4 is 5.32 Å². The van der Waals surface area contributed by atoms with Crippen LogP contribution in [-0.2, 0) is 4.74 Å². The number of ether oxygens (including phenoxy) is 1. The van der Waals surface area contributed by atoms with Gasteiger partial charge in [-0.05, 0) is 49.7 Å². The van der Waals surface area contributed by atoms with Crippen molar-refractivity contribution in [3.8, 4) is 0 Å². The van der Waals surface area contributed by atoms with Crippen molar-refractivity contribution in [2.75, 3.05) is 12.4 Å². The molecule has 0 bridgehead atoms. The van der Waals surface area contributed by atoms with Crippen molar-refractivity contribution in [3.63, 3.8) is 0 Å². The Bertz CT molecular complexity index is 962. The summed E-state index contributed by atoms with van der Waals surface area (Å²) < 4.78 is 5.66. The van der Waals surface area contributed by atoms with E-state index in [0.29, 0.717) is 9.75 Å². The number of anilines is 1. The van der Waals surface area contributed by atoms with Crippen LogP contribution in [0.2, 0.25) is 0 Å². The Kier molecular flexibility index (Phi) is 5.75. The Balaban J connectivity index is 1.70. The lowest BCUT2D eigenvalue weighted by molar-refractivity contribution is 0.0606. The van der Waals surface area contributed by atoms with E-state index in [1.807, 2.05) is 37.4 Å². The van der Waals surface area contributed by atoms with Crippen LogP contribution in [0.15, 0.2) is 44.9 Å². The largest absolute Gasteiger partial charge is 0.465 e. The summed E-state index contributed by atoms with van der Waals surface area (Å²) in [6.07, 6.45) is 0. The maximum atomic E-state index is 12.4. The smallest absolute Gasteiger partial charge is 0.348 e. The number of carbonyl (C=O) groups excluding carboxylic acids is 2. The van der Waals surface area contributed by atoms with Crippen molar-refractivity contribution in [1.29, 1.82) is 0 Å². The van der Waals surface area contributed by atoms with Crippen LogP contribution in [0.1, 0.15) is 30.6 Å². The molecule has 134 valence electrons. The van der Waals surface area contributed by atoms with Crippen LogP contribution in [0.3, 0.4) is 0 Å². The highest BCUT2D eigenvalue weighted by Crippen LogP contribution is 2.32. The van der Waals surface area contributed by atoms with E-state index < -0.39 is 5.97 Å². The first-order valence-electron chi connectivity index (χ1n) is 7.66. The van der Waals surface area contributed by atoms with Crippen molar-refractivity contribution in [1.82, 2.24) is 4.98 Å². The quantitative estimate of drug-likeness (QED) is 0.605. The van der Waals surface area contributed by atoms with Gasteiger partial charge in [-0.15, -0.1) is 22.7 Å². The number of nitrogens with zero attached hydrogens (tertiary/aromatic N) is 1. The average molecular weight is 405 g/mol. The zero-order valence-electron chi connectivity index (χ0n) is 14.4. The Morgan fingerprint density at radius 2 is 1.92 bits per heavy atom. The van der Waals surface area contributed by atoms with E-state index in [-0.39, 0.29) is 5.91 Å². The maximum Gasteiger partial charge on any atom is 0.348 e. The van der Waals surface area contributed by atoms with Gasteiger partial charge in [0, 0.05) is 21.7 Å². The number of thiophene rings is 1. The van der Waals surface area contributed by atoms with Gasteiger partial charge in [0.05, 0.1) is 12.0 Å². The fourth-order valence-corrected chi connectivity index (χ4v) is 4.90. The zero-order chi connectivity index (χ0) is 18.7. The van der Waals surface area contributed by atoms with Gasteiger partial charge in [-0.2, -0.15) is 0 Å². The average Bonchev–Trinajstić information content (AvgIpc) is 3.26. The van der Waals surface area contributed by atoms with Crippen LogP contribution in [-0.4, -0.2) is 24.0 Å². The highest BCUT2D eigenvalue weighted by atomic mass is 32.2. The van der Waals surface area contributed by atoms with Gasteiger partial charge in [0.2, 0.25) is 0 Å². The molecule has 8 heteroatoms. The summed E-state index contributed by atoms with van der Waals surface area (Å²) in [4.78, 5) is 30.3. The van der Waals surface area contributed by atoms with Crippen molar-refractivity contribution in [2.45, 2.75) is 23.1 Å². The molecule has 3 rings (SSSR count). The number of amides is 1. The third kappa shape index (κ3) is 4.32. The van der Waals surface area contributed by atoms with E-state index in [1.165, 1.54) is 7.11 Å². The minimum atomic E-state index is -0.441. The minimum Gasteiger partial charge on any atom is -0.465 e. The van der Waals surface area contributed by atoms with E-state index >= 15 is 0 Å². The fraction of sp³-hybridized carbons (Fsp3) is 0.167. The topological polar surface area (TPSA) is 68.3 Å². The molecule has 0 aliphatic heterocycles. The Morgan fingerprint density at radius 1 is 1.15 bits per heavy atom. The summed E-state index contributed by atoms with van der Waals surface area (Å²) >= 11 is 4.32. The molecule has 2 heterocycles. The third-order valence-electron chi connectivity index (χ3n) is 3.47. The number of nitrogens with one attached hydrogen (secondary N) is 1. The number of rotatable bonds is 5. The molecule has 1 amide bonds. The van der Waals surface area contributed by atoms with Crippen molar-refractivity contribution < 1.29 is 14.3 Å². The van der Waals surface area contributed by atoms with E-state index in [4.69, 9.17) is 0 Å². The van der Waals surface area contributed by atoms with Gasteiger partial charge in [0.1, 0.15) is 4.88 Å². The predicted molar refractivity (Wildman–Crippen MR) is 106 cm³/mol. The molecular weight excluding hydrogens is 388 g/mol. The maximum absolute atomic E-state index is 12.4. The number of thiazole rings is 1. The molecule has 0 aliphatic rings. The fourth-order valence-electron chi connectivity index (χ4n) is 2.17. The molecule has 0 saturated heterocycles. The van der Waals surface area contributed by atoms with Crippen LogP contribution >= 0.6 is 34.4 Å². The normalized spacial score (nSPS) is 10.6. The van der Waals surface area contributed by atoms with Gasteiger partial charge in [-0.3, -0.25) is 4.79 Å². The summed E-state index contributed by atoms with van der Waals surface area (Å²) in [7, 11) is 1.32. The molecule has 26 heavy (non-hydrogen) atoms. The van der Waals surface area contributed by atoms with Crippen LogP contribution in [0, 0.1) is 13.8 Å². The molecule has 0 spiro atoms. The van der Waals surface area contributed by atoms with Crippen molar-refractivity contribution >= 4 is 52.0 Å². The molecule has 0 saturated carbocycles. The first-order valence-corrected chi connectivity index (χ1v) is 10.2. The number of carbonyl (C=O) groups is 2. The summed E-state index contributed by atoms with van der Waals surface area (Å²) in [5, 5.41) is 4.91. The Morgan fingerprint density at radius 3 is 2.58 bits per heavy atom. The molecule has 0 atom stereocenters. The van der Waals surface area contributed by atoms with Gasteiger partial charge in [-0.1, -0.05) is 11.8 Å². The van der Waals surface area contributed by atoms with E-state index in [2.05, 4.69) is 15.0 Å². The van der Waals surface area contributed by atoms with E-state index in [1.54, 1.807) is 35.2 Å². The summed E-state index contributed by atoms with van der Waals surface area (Å²) in [6.45, 7) is 3.92. The van der Waals surface area contributed by atoms with Crippen molar-refractivity contribution in [2.24, 2.45) is 0 Å². The van der Waals surface area contributed by atoms with E-state index in [9.17, 15) is 9.59 Å². The monoisotopic (exact) mass is 404 g/mol. The standard InChI is InChI=1S/C18H16N2O3S3/c1-10-8-12(25-18-19-11(2)9-24-18)4-5-13(10)20-16(21)14-6-7-15(26-14)17(22)23-3/h4-9H,1-3H3,(H,20,21). The second kappa shape index (κ2) is 8.03. The number of esters is 1. The zero-order valence-corrected chi connectivity index (χ0v) is 16.8. The van der Waals surface area contributed by atoms with Crippen LogP contribution in [0.4, 0.5) is 5.69 Å². The van der Waals surface area contributed by atoms with Gasteiger partial charge in [-0.25, -0.2) is 9.78 Å². The molecule has 1 aromatic carbocycles. The number of benzene rings is 1. The Hall–Kier alpha value is -2.16. The number of hydrogen-bond donors (Lipinski definition) is 1. The highest BCUT2D eigenvalue weighted by Gasteiger charge is 2.15. The lowest BCUT2D eigenvalue weighted by Gasteiger charge is -2.09. The third-order valence-corrected chi connectivity index (χ3v) is 6.58. The molecule has 5 nitrogen and oxygen atoms in total. The summed E-state index contributed by atoms with van der Waals surface area (Å²) in [5.41, 5.74) is 2.71. The Labute approximate surface area is 163 Å². The number of aryl methyl sites for hydroxylation is 2. The summed E-state index contributed by atoms with van der Waals surface area (Å²) in [5.74, 6) is -0.687. The lowest BCUT2D eigenvalue weighted by Crippen LogP contribution is -2.11. The minimum absolute atomic E-state index is 0.246. The van der Waals surface area contributed by atoms with Crippen LogP contribution in [0.5, 0.6) is 0 Å². The van der Waals surface area contributed by atoms with E-state index in [0.717, 1.165) is 37.5 Å². The van der Waals surface area contributed by atoms with Gasteiger partial charge in [0.25, 0.3) is 5.91 Å². The molecule has 2 aromatic heterocycles. The second-order valence-electron chi connectivity index (χ2n) is 5.44.